The van der Waals surface area contributed by atoms with E-state index in [1.165, 1.54) is 37.9 Å². The maximum Gasteiger partial charge on any atom is 0.184 e. The fraction of sp³-hybridized carbons (Fsp3) is 0.286. The van der Waals surface area contributed by atoms with Crippen molar-refractivity contribution in [2.75, 3.05) is 26.2 Å². The lowest BCUT2D eigenvalue weighted by Crippen LogP contribution is -2.33. The predicted octanol–water partition coefficient (Wildman–Crippen LogP) is 7.34. The number of halogens is 1. The van der Waals surface area contributed by atoms with Crippen LogP contribution in [0.15, 0.2) is 72.8 Å². The van der Waals surface area contributed by atoms with Gasteiger partial charge in [-0.1, -0.05) is 42.3 Å². The van der Waals surface area contributed by atoms with Crippen molar-refractivity contribution >= 4 is 32.4 Å². The molecule has 2 heterocycles. The lowest BCUT2D eigenvalue weighted by atomic mass is 9.99. The number of nitrogens with zero attached hydrogens (tertiary/aromatic N) is 1. The molecule has 4 aromatic rings. The Kier molecular flexibility index (Phi) is 6.98. The summed E-state index contributed by atoms with van der Waals surface area (Å²) in [6.07, 6.45) is 4.68. The van der Waals surface area contributed by atoms with Crippen molar-refractivity contribution in [2.45, 2.75) is 25.7 Å². The van der Waals surface area contributed by atoms with E-state index in [0.29, 0.717) is 5.02 Å². The molecule has 5 rings (SSSR count). The van der Waals surface area contributed by atoms with Gasteiger partial charge in [0.05, 0.1) is 0 Å². The van der Waals surface area contributed by atoms with Crippen LogP contribution >= 0.6 is 22.4 Å². The summed E-state index contributed by atoms with van der Waals surface area (Å²) in [4.78, 5) is 3.37. The van der Waals surface area contributed by atoms with Crippen molar-refractivity contribution < 1.29 is 9.29 Å². The molecule has 1 atom stereocenters. The van der Waals surface area contributed by atoms with Gasteiger partial charge in [-0.15, -0.1) is 0 Å². The van der Waals surface area contributed by atoms with Crippen LogP contribution in [0.1, 0.15) is 30.4 Å². The van der Waals surface area contributed by atoms with Crippen molar-refractivity contribution in [3.05, 3.63) is 88.9 Å². The average molecular weight is 478 g/mol. The lowest BCUT2D eigenvalue weighted by Gasteiger charge is -2.26. The Morgan fingerprint density at radius 2 is 1.61 bits per heavy atom. The third kappa shape index (κ3) is 5.10. The number of fused-ring (bicyclic) bond motifs is 1. The second-order valence-electron chi connectivity index (χ2n) is 8.65. The molecule has 1 aliphatic heterocycles. The van der Waals surface area contributed by atoms with Gasteiger partial charge >= 0.3 is 0 Å². The Balaban J connectivity index is 1.35. The minimum atomic E-state index is -1.20. The highest BCUT2D eigenvalue weighted by Gasteiger charge is 2.24. The van der Waals surface area contributed by atoms with E-state index in [-0.39, 0.29) is 0 Å². The third-order valence-electron chi connectivity index (χ3n) is 6.41. The molecule has 1 fully saturated rings. The van der Waals surface area contributed by atoms with Gasteiger partial charge in [0.1, 0.15) is 12.4 Å². The van der Waals surface area contributed by atoms with Gasteiger partial charge in [-0.05, 0) is 90.8 Å². The molecule has 170 valence electrons. The van der Waals surface area contributed by atoms with Crippen LogP contribution in [0.4, 0.5) is 0 Å². The minimum absolute atomic E-state index is 0.679. The highest BCUT2D eigenvalue weighted by atomic mass is 35.5. The summed E-state index contributed by atoms with van der Waals surface area (Å²) in [5.74, 6) is 0.901. The van der Waals surface area contributed by atoms with E-state index in [2.05, 4.69) is 23.1 Å². The van der Waals surface area contributed by atoms with E-state index in [1.54, 1.807) is 0 Å². The van der Waals surface area contributed by atoms with E-state index >= 15 is 0 Å². The number of thiophene rings is 1. The maximum absolute atomic E-state index is 13.4. The summed E-state index contributed by atoms with van der Waals surface area (Å²) in [6, 6.07) is 24.0. The first-order valence-corrected chi connectivity index (χ1v) is 13.2. The molecule has 1 aromatic heterocycles. The van der Waals surface area contributed by atoms with Crippen molar-refractivity contribution in [3.8, 4) is 16.2 Å². The number of rotatable bonds is 7. The highest BCUT2D eigenvalue weighted by Crippen LogP contribution is 2.45. The standard InChI is InChI=1S/C28H28ClNO2S/c29-23-12-10-22(11-13-23)28-26(25-6-2-3-7-27(25)33(28)31)20-21-8-14-24(15-9-21)32-19-18-30-16-4-1-5-17-30/h2-3,6-15H,1,4-5,16-20H2. The van der Waals surface area contributed by atoms with E-state index < -0.39 is 10.8 Å². The second-order valence-corrected chi connectivity index (χ2v) is 10.5. The molecule has 0 N–H and O–H groups in total. The molecule has 1 unspecified atom stereocenters. The van der Waals surface area contributed by atoms with Crippen LogP contribution in [-0.2, 0) is 6.42 Å². The Bertz CT molecular complexity index is 1210. The quantitative estimate of drug-likeness (QED) is 0.261. The molecule has 0 saturated carbocycles. The SMILES string of the molecule is [O-][s+]1c(-c2ccc(Cl)cc2)c(Cc2ccc(OCCN3CCCCC3)cc2)c2ccccc21. The summed E-state index contributed by atoms with van der Waals surface area (Å²) in [5, 5.41) is 1.75. The number of piperidine rings is 1. The van der Waals surface area contributed by atoms with Gasteiger partial charge < -0.3 is 9.29 Å². The number of hydrogen-bond donors (Lipinski definition) is 0. The molecule has 0 spiro atoms. The number of likely N-dealkylation sites (tertiary alicyclic amines) is 1. The molecule has 3 aromatic carbocycles. The van der Waals surface area contributed by atoms with Crippen molar-refractivity contribution in [1.82, 2.24) is 4.90 Å². The topological polar surface area (TPSA) is 35.5 Å². The molecule has 1 saturated heterocycles. The predicted molar refractivity (Wildman–Crippen MR) is 138 cm³/mol. The largest absolute Gasteiger partial charge is 0.590 e. The summed E-state index contributed by atoms with van der Waals surface area (Å²) >= 11 is 6.10. The Morgan fingerprint density at radius 3 is 2.36 bits per heavy atom. The van der Waals surface area contributed by atoms with E-state index in [0.717, 1.165) is 51.4 Å². The molecule has 0 radical (unpaired) electrons. The number of benzene rings is 3. The lowest BCUT2D eigenvalue weighted by molar-refractivity contribution is 0.183. The zero-order valence-corrected chi connectivity index (χ0v) is 20.2. The molecule has 1 aliphatic rings. The summed E-state index contributed by atoms with van der Waals surface area (Å²) in [5.41, 5.74) is 3.25. The fourth-order valence-electron chi connectivity index (χ4n) is 4.66. The van der Waals surface area contributed by atoms with Gasteiger partial charge in [0.15, 0.2) is 9.58 Å². The molecule has 0 bridgehead atoms. The Hall–Kier alpha value is -2.37. The van der Waals surface area contributed by atoms with Gasteiger partial charge in [0, 0.05) is 34.5 Å². The van der Waals surface area contributed by atoms with Gasteiger partial charge in [-0.3, -0.25) is 4.90 Å². The molecule has 5 heteroatoms. The Morgan fingerprint density at radius 1 is 0.879 bits per heavy atom. The molecule has 0 aliphatic carbocycles. The zero-order valence-electron chi connectivity index (χ0n) is 18.6. The molecular weight excluding hydrogens is 450 g/mol. The molecule has 3 nitrogen and oxygen atoms in total. The number of ether oxygens (including phenoxy) is 1. The van der Waals surface area contributed by atoms with E-state index in [9.17, 15) is 4.55 Å². The highest BCUT2D eigenvalue weighted by molar-refractivity contribution is 7.34. The van der Waals surface area contributed by atoms with Crippen LogP contribution in [-0.4, -0.2) is 35.7 Å². The zero-order chi connectivity index (χ0) is 22.6. The van der Waals surface area contributed by atoms with Crippen LogP contribution in [0.2, 0.25) is 5.02 Å². The van der Waals surface area contributed by atoms with Crippen LogP contribution in [0.3, 0.4) is 0 Å². The first kappa shape index (κ1) is 22.4. The third-order valence-corrected chi connectivity index (χ3v) is 8.27. The number of hydrogen-bond acceptors (Lipinski definition) is 3. The van der Waals surface area contributed by atoms with Crippen LogP contribution in [0.5, 0.6) is 5.75 Å². The normalized spacial score (nSPS) is 15.2. The fourth-order valence-corrected chi connectivity index (χ4v) is 6.36. The first-order chi connectivity index (χ1) is 16.2. The van der Waals surface area contributed by atoms with Crippen molar-refractivity contribution in [1.29, 1.82) is 0 Å². The minimum Gasteiger partial charge on any atom is -0.590 e. The van der Waals surface area contributed by atoms with E-state index in [1.807, 2.05) is 54.6 Å². The second kappa shape index (κ2) is 10.3. The van der Waals surface area contributed by atoms with E-state index in [4.69, 9.17) is 16.3 Å². The molecular formula is C28H28ClNO2S. The van der Waals surface area contributed by atoms with Gasteiger partial charge in [-0.25, -0.2) is 0 Å². The van der Waals surface area contributed by atoms with Crippen LogP contribution in [0.25, 0.3) is 20.5 Å². The summed E-state index contributed by atoms with van der Waals surface area (Å²) in [7, 11) is -1.20. The van der Waals surface area contributed by atoms with Gasteiger partial charge in [0.2, 0.25) is 0 Å². The Labute approximate surface area is 203 Å². The van der Waals surface area contributed by atoms with Gasteiger partial charge in [0.25, 0.3) is 0 Å². The van der Waals surface area contributed by atoms with Crippen LogP contribution < -0.4 is 4.74 Å². The van der Waals surface area contributed by atoms with Crippen molar-refractivity contribution in [3.63, 3.8) is 0 Å². The summed E-state index contributed by atoms with van der Waals surface area (Å²) < 4.78 is 20.3. The monoisotopic (exact) mass is 477 g/mol. The average Bonchev–Trinajstić information content (AvgIpc) is 3.13. The molecule has 0 amide bonds. The maximum atomic E-state index is 13.4. The van der Waals surface area contributed by atoms with Crippen LogP contribution in [0, 0.1) is 0 Å². The first-order valence-electron chi connectivity index (χ1n) is 11.6. The molecule has 33 heavy (non-hydrogen) atoms. The van der Waals surface area contributed by atoms with Crippen molar-refractivity contribution in [2.24, 2.45) is 0 Å². The van der Waals surface area contributed by atoms with Gasteiger partial charge in [-0.2, -0.15) is 0 Å². The summed E-state index contributed by atoms with van der Waals surface area (Å²) in [6.45, 7) is 4.09. The smallest absolute Gasteiger partial charge is 0.184 e.